The number of halogens is 2. The number of likely N-dealkylation sites (N-methyl/N-ethyl adjacent to an activating group) is 1. The summed E-state index contributed by atoms with van der Waals surface area (Å²) in [6, 6.07) is 7.55. The fraction of sp³-hybridized carbons (Fsp3) is 0.650. The van der Waals surface area contributed by atoms with Gasteiger partial charge in [0.2, 0.25) is 5.91 Å². The maximum Gasteiger partial charge on any atom is 0.224 e. The Labute approximate surface area is 168 Å². The van der Waals surface area contributed by atoms with E-state index in [-0.39, 0.29) is 23.9 Å². The third-order valence-electron chi connectivity index (χ3n) is 5.85. The zero-order chi connectivity index (χ0) is 17.7. The molecule has 1 N–H and O–H groups in total. The third kappa shape index (κ3) is 5.59. The van der Waals surface area contributed by atoms with Gasteiger partial charge in [0, 0.05) is 43.3 Å². The molecule has 0 aromatic heterocycles. The van der Waals surface area contributed by atoms with E-state index in [0.29, 0.717) is 11.4 Å². The van der Waals surface area contributed by atoms with Crippen LogP contribution >= 0.6 is 24.0 Å². The normalized spacial score (nSPS) is 21.0. The van der Waals surface area contributed by atoms with Gasteiger partial charge in [0.25, 0.3) is 0 Å². The second-order valence-electron chi connectivity index (χ2n) is 7.66. The number of amides is 1. The van der Waals surface area contributed by atoms with Crippen molar-refractivity contribution >= 4 is 29.9 Å². The lowest BCUT2D eigenvalue weighted by Gasteiger charge is -2.49. The largest absolute Gasteiger partial charge is 0.354 e. The molecule has 26 heavy (non-hydrogen) atoms. The summed E-state index contributed by atoms with van der Waals surface area (Å²) in [5.41, 5.74) is 1.18. The predicted octanol–water partition coefficient (Wildman–Crippen LogP) is 3.37. The number of hydrogen-bond donors (Lipinski definition) is 1. The summed E-state index contributed by atoms with van der Waals surface area (Å²) in [5, 5.41) is 3.95. The van der Waals surface area contributed by atoms with Crippen LogP contribution in [-0.2, 0) is 11.2 Å². The van der Waals surface area contributed by atoms with Gasteiger partial charge in [-0.3, -0.25) is 9.69 Å². The highest BCUT2D eigenvalue weighted by molar-refractivity contribution is 6.30. The molecule has 3 rings (SSSR count). The van der Waals surface area contributed by atoms with Gasteiger partial charge in [-0.1, -0.05) is 43.0 Å². The number of hydrogen-bond acceptors (Lipinski definition) is 3. The van der Waals surface area contributed by atoms with Crippen molar-refractivity contribution in [1.82, 2.24) is 15.1 Å². The first-order valence-corrected chi connectivity index (χ1v) is 9.90. The minimum atomic E-state index is 0. The van der Waals surface area contributed by atoms with E-state index in [2.05, 4.69) is 22.2 Å². The Morgan fingerprint density at radius 1 is 1.08 bits per heavy atom. The monoisotopic (exact) mass is 399 g/mol. The SMILES string of the molecule is CN1CCN(C2(CNC(=O)Cc3ccc(Cl)cc3)CCCCC2)CC1.Cl. The molecule has 1 aliphatic heterocycles. The van der Waals surface area contributed by atoms with Gasteiger partial charge in [0.05, 0.1) is 6.42 Å². The van der Waals surface area contributed by atoms with E-state index in [0.717, 1.165) is 38.3 Å². The molecule has 0 atom stereocenters. The van der Waals surface area contributed by atoms with Crippen LogP contribution in [0.2, 0.25) is 5.02 Å². The van der Waals surface area contributed by atoms with Crippen molar-refractivity contribution < 1.29 is 4.79 Å². The Morgan fingerprint density at radius 2 is 1.69 bits per heavy atom. The number of carbonyl (C=O) groups excluding carboxylic acids is 1. The van der Waals surface area contributed by atoms with Gasteiger partial charge in [-0.2, -0.15) is 0 Å². The van der Waals surface area contributed by atoms with Crippen LogP contribution in [0.3, 0.4) is 0 Å². The highest BCUT2D eigenvalue weighted by Gasteiger charge is 2.39. The number of benzene rings is 1. The zero-order valence-corrected chi connectivity index (χ0v) is 17.2. The van der Waals surface area contributed by atoms with Crippen LogP contribution in [0.1, 0.15) is 37.7 Å². The molecular weight excluding hydrogens is 369 g/mol. The molecule has 0 bridgehead atoms. The molecule has 1 amide bonds. The van der Waals surface area contributed by atoms with Gasteiger partial charge >= 0.3 is 0 Å². The summed E-state index contributed by atoms with van der Waals surface area (Å²) in [7, 11) is 2.19. The van der Waals surface area contributed by atoms with E-state index in [4.69, 9.17) is 11.6 Å². The van der Waals surface area contributed by atoms with Gasteiger partial charge in [-0.25, -0.2) is 0 Å². The van der Waals surface area contributed by atoms with Gasteiger partial charge in [-0.05, 0) is 37.6 Å². The van der Waals surface area contributed by atoms with Crippen molar-refractivity contribution in [1.29, 1.82) is 0 Å². The first-order chi connectivity index (χ1) is 12.1. The highest BCUT2D eigenvalue weighted by Crippen LogP contribution is 2.34. The summed E-state index contributed by atoms with van der Waals surface area (Å²) in [6.45, 7) is 5.26. The highest BCUT2D eigenvalue weighted by atomic mass is 35.5. The van der Waals surface area contributed by atoms with Crippen LogP contribution < -0.4 is 5.32 Å². The average molecular weight is 400 g/mol. The number of rotatable bonds is 5. The molecule has 1 aromatic carbocycles. The molecule has 1 saturated carbocycles. The summed E-state index contributed by atoms with van der Waals surface area (Å²) in [5.74, 6) is 0.112. The predicted molar refractivity (Wildman–Crippen MR) is 110 cm³/mol. The van der Waals surface area contributed by atoms with E-state index in [9.17, 15) is 4.79 Å². The molecule has 4 nitrogen and oxygen atoms in total. The van der Waals surface area contributed by atoms with Crippen LogP contribution in [0.4, 0.5) is 0 Å². The Bertz CT molecular complexity index is 565. The summed E-state index contributed by atoms with van der Waals surface area (Å²) >= 11 is 5.92. The molecular formula is C20H31Cl2N3O. The van der Waals surface area contributed by atoms with Gasteiger partial charge in [0.1, 0.15) is 0 Å². The van der Waals surface area contributed by atoms with Gasteiger partial charge < -0.3 is 10.2 Å². The van der Waals surface area contributed by atoms with Crippen molar-refractivity contribution in [3.8, 4) is 0 Å². The fourth-order valence-electron chi connectivity index (χ4n) is 4.21. The third-order valence-corrected chi connectivity index (χ3v) is 6.10. The molecule has 1 aliphatic carbocycles. The summed E-state index contributed by atoms with van der Waals surface area (Å²) < 4.78 is 0. The fourth-order valence-corrected chi connectivity index (χ4v) is 4.33. The molecule has 1 heterocycles. The standard InChI is InChI=1S/C20H30ClN3O.ClH/c1-23-11-13-24(14-12-23)20(9-3-2-4-10-20)16-22-19(25)15-17-5-7-18(21)8-6-17;/h5-8H,2-4,9-16H2,1H3,(H,22,25);1H. The molecule has 2 fully saturated rings. The van der Waals surface area contributed by atoms with Gasteiger partial charge in [0.15, 0.2) is 0 Å². The van der Waals surface area contributed by atoms with Crippen molar-refractivity contribution in [2.75, 3.05) is 39.8 Å². The Kier molecular flexibility index (Phi) is 8.21. The maximum atomic E-state index is 12.4. The maximum absolute atomic E-state index is 12.4. The summed E-state index contributed by atoms with van der Waals surface area (Å²) in [6.07, 6.45) is 6.72. The second kappa shape index (κ2) is 9.93. The van der Waals surface area contributed by atoms with Gasteiger partial charge in [-0.15, -0.1) is 12.4 Å². The lowest BCUT2D eigenvalue weighted by atomic mass is 9.79. The van der Waals surface area contributed by atoms with Crippen molar-refractivity contribution in [3.05, 3.63) is 34.9 Å². The number of nitrogens with zero attached hydrogens (tertiary/aromatic N) is 2. The van der Waals surface area contributed by atoms with Crippen molar-refractivity contribution in [3.63, 3.8) is 0 Å². The number of carbonyl (C=O) groups is 1. The molecule has 1 aromatic rings. The van der Waals surface area contributed by atoms with Crippen LogP contribution in [0, 0.1) is 0 Å². The second-order valence-corrected chi connectivity index (χ2v) is 8.09. The van der Waals surface area contributed by atoms with Crippen LogP contribution in [-0.4, -0.2) is 61.0 Å². The van der Waals surface area contributed by atoms with E-state index in [1.165, 1.54) is 32.1 Å². The van der Waals surface area contributed by atoms with E-state index < -0.39 is 0 Å². The van der Waals surface area contributed by atoms with E-state index in [1.807, 2.05) is 24.3 Å². The summed E-state index contributed by atoms with van der Waals surface area (Å²) in [4.78, 5) is 17.5. The Hall–Kier alpha value is -0.810. The minimum Gasteiger partial charge on any atom is -0.354 e. The zero-order valence-electron chi connectivity index (χ0n) is 15.7. The number of piperazine rings is 1. The lowest BCUT2D eigenvalue weighted by Crippen LogP contribution is -2.61. The van der Waals surface area contributed by atoms with Crippen LogP contribution in [0.25, 0.3) is 0 Å². The first-order valence-electron chi connectivity index (χ1n) is 9.52. The molecule has 6 heteroatoms. The topological polar surface area (TPSA) is 35.6 Å². The quantitative estimate of drug-likeness (QED) is 0.823. The Morgan fingerprint density at radius 3 is 2.31 bits per heavy atom. The molecule has 1 saturated heterocycles. The average Bonchev–Trinajstić information content (AvgIpc) is 2.63. The molecule has 2 aliphatic rings. The Balaban J connectivity index is 0.00000243. The molecule has 0 unspecified atom stereocenters. The van der Waals surface area contributed by atoms with Crippen molar-refractivity contribution in [2.24, 2.45) is 0 Å². The number of nitrogens with one attached hydrogen (secondary N) is 1. The van der Waals surface area contributed by atoms with Crippen molar-refractivity contribution in [2.45, 2.75) is 44.1 Å². The minimum absolute atomic E-state index is 0. The van der Waals surface area contributed by atoms with Crippen LogP contribution in [0.5, 0.6) is 0 Å². The molecule has 0 radical (unpaired) electrons. The van der Waals surface area contributed by atoms with E-state index in [1.54, 1.807) is 0 Å². The smallest absolute Gasteiger partial charge is 0.224 e. The lowest BCUT2D eigenvalue weighted by molar-refractivity contribution is -0.121. The molecule has 0 spiro atoms. The first kappa shape index (κ1) is 21.5. The molecule has 146 valence electrons. The van der Waals surface area contributed by atoms with Crippen LogP contribution in [0.15, 0.2) is 24.3 Å². The van der Waals surface area contributed by atoms with E-state index >= 15 is 0 Å².